The third-order valence-electron chi connectivity index (χ3n) is 9.20. The largest absolute Gasteiger partial charge is 0.392 e. The number of carbonyl (C=O) groups is 2. The molecule has 2 heterocycles. The summed E-state index contributed by atoms with van der Waals surface area (Å²) in [6.45, 7) is 10.2. The molecule has 252 valence electrons. The normalized spacial score (nSPS) is 22.1. The van der Waals surface area contributed by atoms with Crippen molar-refractivity contribution in [1.29, 1.82) is 0 Å². The van der Waals surface area contributed by atoms with Gasteiger partial charge in [0.1, 0.15) is 0 Å². The maximum Gasteiger partial charge on any atom is 0.224 e. The second-order valence-corrected chi connectivity index (χ2v) is 12.8. The topological polar surface area (TPSA) is 103 Å². The molecule has 0 aromatic heterocycles. The van der Waals surface area contributed by atoms with Crippen LogP contribution in [-0.2, 0) is 32.2 Å². The van der Waals surface area contributed by atoms with Crippen molar-refractivity contribution in [3.63, 3.8) is 0 Å². The first-order valence-corrected chi connectivity index (χ1v) is 17.0. The van der Waals surface area contributed by atoms with Crippen LogP contribution in [0.1, 0.15) is 74.2 Å². The molecule has 3 N–H and O–H groups in total. The van der Waals surface area contributed by atoms with E-state index in [2.05, 4.69) is 57.7 Å². The molecule has 5 rings (SSSR count). The molecule has 0 spiro atoms. The summed E-state index contributed by atoms with van der Waals surface area (Å²) >= 11 is 0. The fraction of sp³-hybridized carbons (Fsp3) is 0.474. The van der Waals surface area contributed by atoms with Gasteiger partial charge < -0.3 is 25.2 Å². The fourth-order valence-electron chi connectivity index (χ4n) is 6.35. The molecule has 0 radical (unpaired) electrons. The quantitative estimate of drug-likeness (QED) is 0.202. The zero-order valence-corrected chi connectivity index (χ0v) is 27.8. The number of benzene rings is 3. The van der Waals surface area contributed by atoms with Gasteiger partial charge in [-0.05, 0) is 41.7 Å². The highest BCUT2D eigenvalue weighted by atomic mass is 16.7. The number of nitrogens with one attached hydrogen (secondary N) is 2. The summed E-state index contributed by atoms with van der Waals surface area (Å²) in [7, 11) is 0. The molecule has 2 fully saturated rings. The molecular weight excluding hydrogens is 592 g/mol. The Morgan fingerprint density at radius 3 is 2.17 bits per heavy atom. The van der Waals surface area contributed by atoms with Gasteiger partial charge in [-0.3, -0.25) is 19.4 Å². The summed E-state index contributed by atoms with van der Waals surface area (Å²) in [6, 6.07) is 26.4. The second kappa shape index (κ2) is 17.5. The number of rotatable bonds is 14. The summed E-state index contributed by atoms with van der Waals surface area (Å²) in [5.74, 6) is 0.0673. The third-order valence-corrected chi connectivity index (χ3v) is 9.20. The van der Waals surface area contributed by atoms with Crippen LogP contribution in [0.15, 0.2) is 78.9 Å². The van der Waals surface area contributed by atoms with Crippen LogP contribution in [0.4, 0.5) is 5.69 Å². The summed E-state index contributed by atoms with van der Waals surface area (Å²) in [4.78, 5) is 28.5. The van der Waals surface area contributed by atoms with Crippen LogP contribution in [0, 0.1) is 5.92 Å². The van der Waals surface area contributed by atoms with Crippen LogP contribution in [0.3, 0.4) is 0 Å². The number of aliphatic hydroxyl groups is 1. The maximum absolute atomic E-state index is 12.5. The fourth-order valence-corrected chi connectivity index (χ4v) is 6.35. The zero-order valence-electron chi connectivity index (χ0n) is 27.8. The van der Waals surface area contributed by atoms with Crippen molar-refractivity contribution in [3.8, 4) is 0 Å². The molecule has 3 aromatic rings. The minimum atomic E-state index is -0.550. The first kappa shape index (κ1) is 34.7. The van der Waals surface area contributed by atoms with E-state index in [1.54, 1.807) is 0 Å². The Balaban J connectivity index is 1.19. The van der Waals surface area contributed by atoms with E-state index in [1.807, 2.05) is 48.5 Å². The molecular formula is C38H50N4O5. The molecule has 9 heteroatoms. The molecule has 0 aliphatic carbocycles. The highest BCUT2D eigenvalue weighted by Crippen LogP contribution is 2.42. The average Bonchev–Trinajstić information content (AvgIpc) is 3.09. The predicted octanol–water partition coefficient (Wildman–Crippen LogP) is 5.42. The number of unbranched alkanes of at least 4 members (excludes halogenated alkanes) is 2. The van der Waals surface area contributed by atoms with Crippen LogP contribution in [-0.4, -0.2) is 72.1 Å². The van der Waals surface area contributed by atoms with Crippen molar-refractivity contribution in [2.24, 2.45) is 5.92 Å². The maximum atomic E-state index is 12.5. The Morgan fingerprint density at radius 2 is 1.49 bits per heavy atom. The standard InChI is InChI=1S/C38H50N4O5/c1-28-35(26-42-23-21-41(22-24-42)25-30-9-5-3-6-10-30)46-38(47-37(28)32-14-12-31(27-43)13-15-32)33-16-18-34(19-17-33)40-36(45)11-7-4-8-20-39-29(2)44/h3,5-6,9-10,12-19,28,35,37-38,43H,4,7-8,11,20-27H2,1-2H3,(H,39,44)(H,40,45)/t28-,35+,37+,38+/m0/s1. The molecule has 0 bridgehead atoms. The number of hydrogen-bond acceptors (Lipinski definition) is 7. The minimum Gasteiger partial charge on any atom is -0.392 e. The third kappa shape index (κ3) is 10.4. The van der Waals surface area contributed by atoms with E-state index in [0.29, 0.717) is 13.0 Å². The predicted molar refractivity (Wildman–Crippen MR) is 183 cm³/mol. The number of piperazine rings is 1. The van der Waals surface area contributed by atoms with E-state index in [9.17, 15) is 14.7 Å². The van der Waals surface area contributed by atoms with E-state index >= 15 is 0 Å². The Bertz CT molecular complexity index is 1390. The first-order valence-electron chi connectivity index (χ1n) is 17.0. The summed E-state index contributed by atoms with van der Waals surface area (Å²) in [6.07, 6.45) is 2.20. The van der Waals surface area contributed by atoms with E-state index < -0.39 is 6.29 Å². The van der Waals surface area contributed by atoms with Gasteiger partial charge in [0, 0.05) is 76.3 Å². The van der Waals surface area contributed by atoms with Crippen LogP contribution < -0.4 is 10.6 Å². The molecule has 4 atom stereocenters. The minimum absolute atomic E-state index is 0.00740. The van der Waals surface area contributed by atoms with Gasteiger partial charge in [0.05, 0.1) is 18.8 Å². The van der Waals surface area contributed by atoms with E-state index in [4.69, 9.17) is 9.47 Å². The van der Waals surface area contributed by atoms with E-state index in [0.717, 1.165) is 80.9 Å². The van der Waals surface area contributed by atoms with E-state index in [-0.39, 0.29) is 36.5 Å². The Hall–Kier alpha value is -3.60. The van der Waals surface area contributed by atoms with Gasteiger partial charge in [-0.1, -0.05) is 80.1 Å². The average molecular weight is 643 g/mol. The lowest BCUT2D eigenvalue weighted by molar-refractivity contribution is -0.276. The molecule has 2 saturated heterocycles. The van der Waals surface area contributed by atoms with Crippen LogP contribution >= 0.6 is 0 Å². The van der Waals surface area contributed by atoms with Crippen LogP contribution in [0.25, 0.3) is 0 Å². The SMILES string of the molecule is CC(=O)NCCCCCC(=O)Nc1ccc([C@@H]2O[C@H](CN3CCN(Cc4ccccc4)CC3)[C@H](C)[C@H](c3ccc(CO)cc3)O2)cc1. The molecule has 47 heavy (non-hydrogen) atoms. The Labute approximate surface area is 279 Å². The van der Waals surface area contributed by atoms with Crippen molar-refractivity contribution < 1.29 is 24.2 Å². The first-order chi connectivity index (χ1) is 22.9. The highest BCUT2D eigenvalue weighted by molar-refractivity contribution is 5.90. The van der Waals surface area contributed by atoms with Gasteiger partial charge in [0.15, 0.2) is 6.29 Å². The number of aliphatic hydroxyl groups excluding tert-OH is 1. The Kier molecular flexibility index (Phi) is 12.9. The van der Waals surface area contributed by atoms with Gasteiger partial charge >= 0.3 is 0 Å². The van der Waals surface area contributed by atoms with Crippen molar-refractivity contribution in [2.45, 2.75) is 71.2 Å². The highest BCUT2D eigenvalue weighted by Gasteiger charge is 2.39. The van der Waals surface area contributed by atoms with Crippen LogP contribution in [0.5, 0.6) is 0 Å². The van der Waals surface area contributed by atoms with Gasteiger partial charge in [0.2, 0.25) is 11.8 Å². The zero-order chi connectivity index (χ0) is 33.0. The van der Waals surface area contributed by atoms with Gasteiger partial charge in [-0.15, -0.1) is 0 Å². The lowest BCUT2D eigenvalue weighted by atomic mass is 9.90. The summed E-state index contributed by atoms with van der Waals surface area (Å²) in [5, 5.41) is 15.4. The molecule has 2 aliphatic heterocycles. The smallest absolute Gasteiger partial charge is 0.224 e. The molecule has 0 saturated carbocycles. The second-order valence-electron chi connectivity index (χ2n) is 12.8. The lowest BCUT2D eigenvalue weighted by Gasteiger charge is -2.44. The number of carbonyl (C=O) groups excluding carboxylic acids is 2. The number of hydrogen-bond donors (Lipinski definition) is 3. The molecule has 9 nitrogen and oxygen atoms in total. The molecule has 2 aliphatic rings. The van der Waals surface area contributed by atoms with Crippen molar-refractivity contribution >= 4 is 17.5 Å². The van der Waals surface area contributed by atoms with Crippen molar-refractivity contribution in [1.82, 2.24) is 15.1 Å². The summed E-state index contributed by atoms with van der Waals surface area (Å²) < 4.78 is 13.3. The van der Waals surface area contributed by atoms with Crippen molar-refractivity contribution in [2.75, 3.05) is 44.6 Å². The van der Waals surface area contributed by atoms with Gasteiger partial charge in [-0.25, -0.2) is 0 Å². The van der Waals surface area contributed by atoms with Gasteiger partial charge in [-0.2, -0.15) is 0 Å². The van der Waals surface area contributed by atoms with Crippen LogP contribution in [0.2, 0.25) is 0 Å². The monoisotopic (exact) mass is 642 g/mol. The van der Waals surface area contributed by atoms with Crippen molar-refractivity contribution in [3.05, 3.63) is 101 Å². The molecule has 3 aromatic carbocycles. The van der Waals surface area contributed by atoms with E-state index in [1.165, 1.54) is 12.5 Å². The summed E-state index contributed by atoms with van der Waals surface area (Å²) in [5.41, 5.74) is 4.94. The lowest BCUT2D eigenvalue weighted by Crippen LogP contribution is -2.51. The number of anilines is 1. The Morgan fingerprint density at radius 1 is 0.809 bits per heavy atom. The number of nitrogens with zero attached hydrogens (tertiary/aromatic N) is 2. The van der Waals surface area contributed by atoms with Gasteiger partial charge in [0.25, 0.3) is 0 Å². The molecule has 2 amide bonds. The molecule has 0 unspecified atom stereocenters. The number of amides is 2. The number of ether oxygens (including phenoxy) is 2.